The molecule has 0 spiro atoms. The topological polar surface area (TPSA) is 149 Å². The maximum Gasteiger partial charge on any atom is 0.220 e. The zero-order valence-electron chi connectivity index (χ0n) is 58.9. The van der Waals surface area contributed by atoms with Crippen LogP contribution in [0.25, 0.3) is 0 Å². The third kappa shape index (κ3) is 56.9. The van der Waals surface area contributed by atoms with Gasteiger partial charge in [0.05, 0.1) is 25.4 Å². The van der Waals surface area contributed by atoms with Crippen molar-refractivity contribution in [3.63, 3.8) is 0 Å². The van der Waals surface area contributed by atoms with Gasteiger partial charge in [-0.2, -0.15) is 0 Å². The molecular formula is C81H147NO8. The van der Waals surface area contributed by atoms with Crippen molar-refractivity contribution in [2.45, 2.75) is 410 Å². The van der Waals surface area contributed by atoms with Gasteiger partial charge in [0, 0.05) is 6.42 Å². The second kappa shape index (κ2) is 69.2. The van der Waals surface area contributed by atoms with Crippen LogP contribution < -0.4 is 5.32 Å². The molecule has 1 aliphatic heterocycles. The molecule has 1 amide bonds. The maximum absolute atomic E-state index is 13.2. The first kappa shape index (κ1) is 85.4. The lowest BCUT2D eigenvalue weighted by Gasteiger charge is -2.40. The molecule has 1 saturated heterocycles. The summed E-state index contributed by atoms with van der Waals surface area (Å²) in [5, 5.41) is 55.1. The first-order chi connectivity index (χ1) is 44.3. The second-order valence-corrected chi connectivity index (χ2v) is 26.8. The van der Waals surface area contributed by atoms with Gasteiger partial charge in [0.25, 0.3) is 0 Å². The summed E-state index contributed by atoms with van der Waals surface area (Å²) in [6.07, 6.45) is 92.4. The van der Waals surface area contributed by atoms with E-state index in [1.54, 1.807) is 0 Å². The molecule has 0 aromatic carbocycles. The van der Waals surface area contributed by atoms with Crippen molar-refractivity contribution in [2.24, 2.45) is 0 Å². The Bertz CT molecular complexity index is 1700. The lowest BCUT2D eigenvalue weighted by atomic mass is 9.99. The molecule has 0 radical (unpaired) electrons. The molecule has 9 heteroatoms. The predicted octanol–water partition coefficient (Wildman–Crippen LogP) is 22.0. The number of aliphatic hydroxyl groups is 5. The molecule has 1 fully saturated rings. The Kier molecular flexibility index (Phi) is 65.7. The molecule has 9 nitrogen and oxygen atoms in total. The normalized spacial score (nSPS) is 18.2. The first-order valence-electron chi connectivity index (χ1n) is 38.8. The smallest absolute Gasteiger partial charge is 0.220 e. The Balaban J connectivity index is 2.09. The van der Waals surface area contributed by atoms with Crippen molar-refractivity contribution in [2.75, 3.05) is 13.2 Å². The highest BCUT2D eigenvalue weighted by molar-refractivity contribution is 5.76. The molecule has 1 heterocycles. The van der Waals surface area contributed by atoms with Crippen LogP contribution >= 0.6 is 0 Å². The van der Waals surface area contributed by atoms with Gasteiger partial charge in [0.15, 0.2) is 6.29 Å². The van der Waals surface area contributed by atoms with E-state index >= 15 is 0 Å². The zero-order valence-corrected chi connectivity index (χ0v) is 58.9. The fourth-order valence-electron chi connectivity index (χ4n) is 12.3. The van der Waals surface area contributed by atoms with Crippen LogP contribution in [0.15, 0.2) is 85.1 Å². The van der Waals surface area contributed by atoms with Crippen LogP contribution in [0.3, 0.4) is 0 Å². The lowest BCUT2D eigenvalue weighted by Crippen LogP contribution is -2.60. The van der Waals surface area contributed by atoms with Crippen molar-refractivity contribution in [1.82, 2.24) is 5.32 Å². The molecule has 6 N–H and O–H groups in total. The minimum Gasteiger partial charge on any atom is -0.394 e. The molecule has 90 heavy (non-hydrogen) atoms. The van der Waals surface area contributed by atoms with E-state index in [2.05, 4.69) is 104 Å². The third-order valence-corrected chi connectivity index (χ3v) is 18.3. The number of hydrogen-bond acceptors (Lipinski definition) is 8. The quantitative estimate of drug-likeness (QED) is 0.0261. The number of allylic oxidation sites excluding steroid dienone is 14. The Morgan fingerprint density at radius 2 is 0.689 bits per heavy atom. The number of carbonyl (C=O) groups excluding carboxylic acids is 1. The van der Waals surface area contributed by atoms with Gasteiger partial charge in [-0.05, 0) is 70.6 Å². The van der Waals surface area contributed by atoms with E-state index in [1.807, 2.05) is 0 Å². The largest absolute Gasteiger partial charge is 0.394 e. The van der Waals surface area contributed by atoms with Crippen LogP contribution in [0.5, 0.6) is 0 Å². The van der Waals surface area contributed by atoms with Gasteiger partial charge < -0.3 is 40.3 Å². The molecule has 0 aromatic rings. The lowest BCUT2D eigenvalue weighted by molar-refractivity contribution is -0.302. The molecule has 7 atom stereocenters. The van der Waals surface area contributed by atoms with E-state index < -0.39 is 49.5 Å². The number of nitrogens with one attached hydrogen (secondary N) is 1. The summed E-state index contributed by atoms with van der Waals surface area (Å²) in [5.41, 5.74) is 0. The predicted molar refractivity (Wildman–Crippen MR) is 387 cm³/mol. The minimum absolute atomic E-state index is 0.139. The van der Waals surface area contributed by atoms with Gasteiger partial charge in [0.1, 0.15) is 24.4 Å². The van der Waals surface area contributed by atoms with Gasteiger partial charge in [-0.3, -0.25) is 4.79 Å². The number of aliphatic hydroxyl groups excluding tert-OH is 5. The van der Waals surface area contributed by atoms with Crippen molar-refractivity contribution in [3.05, 3.63) is 85.1 Å². The van der Waals surface area contributed by atoms with Crippen molar-refractivity contribution in [1.29, 1.82) is 0 Å². The SMILES string of the molecule is CC/C=C\C/C=C\C/C=C\C/C=C\C/C=C\C/C=C\C/C=C\CCCCCCCCCCCCCCCC(=O)NC(COC1OC(CO)C(O)C(O)C1O)C(O)CCCCCCCCCCCCCCCCCCCCCCCCCCCCCCCCCC. The second-order valence-electron chi connectivity index (χ2n) is 26.8. The molecule has 0 aliphatic carbocycles. The minimum atomic E-state index is -1.56. The van der Waals surface area contributed by atoms with E-state index in [0.717, 1.165) is 83.5 Å². The zero-order chi connectivity index (χ0) is 64.9. The summed E-state index contributed by atoms with van der Waals surface area (Å²) in [4.78, 5) is 13.2. The summed E-state index contributed by atoms with van der Waals surface area (Å²) in [6, 6.07) is -0.726. The van der Waals surface area contributed by atoms with E-state index in [1.165, 1.54) is 257 Å². The average molecular weight is 1260 g/mol. The summed E-state index contributed by atoms with van der Waals surface area (Å²) in [5.74, 6) is -0.143. The first-order valence-corrected chi connectivity index (χ1v) is 38.8. The molecule has 1 aliphatic rings. The van der Waals surface area contributed by atoms with Gasteiger partial charge in [-0.15, -0.1) is 0 Å². The third-order valence-electron chi connectivity index (χ3n) is 18.3. The molecule has 1 rings (SSSR count). The van der Waals surface area contributed by atoms with E-state index in [0.29, 0.717) is 12.8 Å². The fourth-order valence-corrected chi connectivity index (χ4v) is 12.3. The average Bonchev–Trinajstić information content (AvgIpc) is 1.28. The van der Waals surface area contributed by atoms with Gasteiger partial charge in [-0.1, -0.05) is 375 Å². The van der Waals surface area contributed by atoms with Crippen LogP contribution in [-0.4, -0.2) is 87.5 Å². The van der Waals surface area contributed by atoms with E-state index in [9.17, 15) is 30.3 Å². The molecule has 0 saturated carbocycles. The molecule has 0 aromatic heterocycles. The Labute approximate surface area is 556 Å². The van der Waals surface area contributed by atoms with Gasteiger partial charge in [-0.25, -0.2) is 0 Å². The fraction of sp³-hybridized carbons (Fsp3) is 0.815. The molecule has 7 unspecified atom stereocenters. The molecule has 524 valence electrons. The molecule has 0 bridgehead atoms. The van der Waals surface area contributed by atoms with Gasteiger partial charge in [0.2, 0.25) is 5.91 Å². The summed E-state index contributed by atoms with van der Waals surface area (Å²) in [7, 11) is 0. The highest BCUT2D eigenvalue weighted by Crippen LogP contribution is 2.24. The summed E-state index contributed by atoms with van der Waals surface area (Å²) >= 11 is 0. The van der Waals surface area contributed by atoms with E-state index in [4.69, 9.17) is 9.47 Å². The summed E-state index contributed by atoms with van der Waals surface area (Å²) < 4.78 is 11.4. The van der Waals surface area contributed by atoms with Crippen LogP contribution in [0.2, 0.25) is 0 Å². The standard InChI is InChI=1S/C81H147NO8/c1-3-5-7-9-11-13-15-17-19-21-23-25-27-29-31-33-35-37-38-39-41-43-45-47-49-51-53-55-57-59-61-63-65-67-69-71-77(85)82-74(73-89-81-80(88)79(87)78(86)76(72-83)90-81)75(84)70-68-66-64-62-60-58-56-54-52-50-48-46-44-42-40-36-34-32-30-28-26-24-22-20-18-16-14-12-10-8-6-4-2/h5,7,11,13,17,19,23,25,29,31,35,37,39,41,74-76,78-81,83-84,86-88H,3-4,6,8-10,12,14-16,18,20-22,24,26-28,30,32-34,36,38,40,42-73H2,1-2H3,(H,82,85)/b7-5-,13-11-,19-17-,25-23-,31-29-,37-35-,41-39-. The highest BCUT2D eigenvalue weighted by Gasteiger charge is 2.44. The van der Waals surface area contributed by atoms with Crippen molar-refractivity contribution >= 4 is 5.91 Å². The Hall–Kier alpha value is -2.63. The summed E-state index contributed by atoms with van der Waals surface area (Å²) in [6.45, 7) is 3.77. The van der Waals surface area contributed by atoms with Gasteiger partial charge >= 0.3 is 0 Å². The number of ether oxygens (including phenoxy) is 2. The monoisotopic (exact) mass is 1260 g/mol. The van der Waals surface area contributed by atoms with Crippen LogP contribution in [0.1, 0.15) is 367 Å². The maximum atomic E-state index is 13.2. The van der Waals surface area contributed by atoms with Crippen molar-refractivity contribution < 1.29 is 39.8 Å². The highest BCUT2D eigenvalue weighted by atomic mass is 16.7. The number of amides is 1. The van der Waals surface area contributed by atoms with Crippen LogP contribution in [0, 0.1) is 0 Å². The Morgan fingerprint density at radius 3 is 1.02 bits per heavy atom. The number of hydrogen-bond donors (Lipinski definition) is 6. The van der Waals surface area contributed by atoms with E-state index in [-0.39, 0.29) is 12.5 Å². The number of carbonyl (C=O) groups is 1. The number of unbranched alkanes of at least 4 members (excludes halogenated alkanes) is 44. The van der Waals surface area contributed by atoms with Crippen LogP contribution in [0.4, 0.5) is 0 Å². The van der Waals surface area contributed by atoms with Crippen molar-refractivity contribution in [3.8, 4) is 0 Å². The Morgan fingerprint density at radius 1 is 0.389 bits per heavy atom. The van der Waals surface area contributed by atoms with Crippen LogP contribution in [-0.2, 0) is 14.3 Å². The number of rotatable bonds is 68. The molecular weight excluding hydrogens is 1110 g/mol.